The van der Waals surface area contributed by atoms with Crippen LogP contribution in [0.15, 0.2) is 0 Å². The molecule has 0 unspecified atom stereocenters. The van der Waals surface area contributed by atoms with Gasteiger partial charge in [0.05, 0.1) is 0 Å². The standard InChI is InChI=1S/C7H15NO2/c1-3-5-10-6-8-7(9)4-2/h3-6H2,1-2H3,(H,8,9). The van der Waals surface area contributed by atoms with Gasteiger partial charge in [-0.15, -0.1) is 0 Å². The van der Waals surface area contributed by atoms with E-state index >= 15 is 0 Å². The van der Waals surface area contributed by atoms with Gasteiger partial charge < -0.3 is 10.1 Å². The first-order valence-corrected chi connectivity index (χ1v) is 3.65. The normalized spacial score (nSPS) is 9.40. The summed E-state index contributed by atoms with van der Waals surface area (Å²) in [6, 6.07) is 0. The van der Waals surface area contributed by atoms with Crippen LogP contribution in [0, 0.1) is 0 Å². The van der Waals surface area contributed by atoms with Gasteiger partial charge in [-0.05, 0) is 6.42 Å². The summed E-state index contributed by atoms with van der Waals surface area (Å²) in [6.45, 7) is 4.90. The van der Waals surface area contributed by atoms with Gasteiger partial charge in [0.25, 0.3) is 0 Å². The first kappa shape index (κ1) is 9.43. The van der Waals surface area contributed by atoms with Crippen LogP contribution in [0.5, 0.6) is 0 Å². The number of carbonyl (C=O) groups excluding carboxylic acids is 1. The van der Waals surface area contributed by atoms with Crippen LogP contribution < -0.4 is 5.32 Å². The molecule has 0 bridgehead atoms. The molecule has 0 saturated heterocycles. The van der Waals surface area contributed by atoms with Crippen LogP contribution in [0.2, 0.25) is 0 Å². The van der Waals surface area contributed by atoms with Gasteiger partial charge >= 0.3 is 0 Å². The maximum Gasteiger partial charge on any atom is 0.221 e. The number of nitrogens with one attached hydrogen (secondary N) is 1. The molecular formula is C7H15NO2. The summed E-state index contributed by atoms with van der Waals surface area (Å²) >= 11 is 0. The van der Waals surface area contributed by atoms with Crippen molar-refractivity contribution >= 4 is 5.91 Å². The molecule has 0 aliphatic rings. The molecule has 60 valence electrons. The zero-order chi connectivity index (χ0) is 7.82. The van der Waals surface area contributed by atoms with Crippen molar-refractivity contribution in [2.75, 3.05) is 13.3 Å². The molecule has 1 N–H and O–H groups in total. The van der Waals surface area contributed by atoms with E-state index in [9.17, 15) is 4.79 Å². The average Bonchev–Trinajstić information content (AvgIpc) is 1.98. The molecule has 1 amide bonds. The quantitative estimate of drug-likeness (QED) is 0.461. The Bertz CT molecular complexity index is 93.6. The highest BCUT2D eigenvalue weighted by Gasteiger charge is 1.92. The van der Waals surface area contributed by atoms with Gasteiger partial charge in [-0.3, -0.25) is 4.79 Å². The predicted octanol–water partition coefficient (Wildman–Crippen LogP) is 0.897. The van der Waals surface area contributed by atoms with E-state index in [0.29, 0.717) is 19.8 Å². The third-order valence-electron chi connectivity index (χ3n) is 1.04. The molecule has 0 spiro atoms. The summed E-state index contributed by atoms with van der Waals surface area (Å²) in [5, 5.41) is 2.61. The fourth-order valence-corrected chi connectivity index (χ4v) is 0.473. The fourth-order valence-electron chi connectivity index (χ4n) is 0.473. The maximum atomic E-state index is 10.6. The molecule has 0 aromatic carbocycles. The van der Waals surface area contributed by atoms with Crippen molar-refractivity contribution < 1.29 is 9.53 Å². The minimum Gasteiger partial charge on any atom is -0.361 e. The lowest BCUT2D eigenvalue weighted by Crippen LogP contribution is -2.25. The number of hydrogen-bond acceptors (Lipinski definition) is 2. The highest BCUT2D eigenvalue weighted by atomic mass is 16.5. The van der Waals surface area contributed by atoms with E-state index in [0.717, 1.165) is 6.42 Å². The van der Waals surface area contributed by atoms with Crippen molar-refractivity contribution in [3.63, 3.8) is 0 Å². The Labute approximate surface area is 61.8 Å². The van der Waals surface area contributed by atoms with Crippen LogP contribution in [0.3, 0.4) is 0 Å². The first-order chi connectivity index (χ1) is 4.81. The topological polar surface area (TPSA) is 38.3 Å². The minimum atomic E-state index is 0.0381. The summed E-state index contributed by atoms with van der Waals surface area (Å²) in [4.78, 5) is 10.6. The molecule has 0 atom stereocenters. The molecule has 10 heavy (non-hydrogen) atoms. The van der Waals surface area contributed by atoms with Gasteiger partial charge in [0, 0.05) is 13.0 Å². The van der Waals surface area contributed by atoms with Crippen molar-refractivity contribution in [3.05, 3.63) is 0 Å². The van der Waals surface area contributed by atoms with E-state index in [1.807, 2.05) is 13.8 Å². The third-order valence-corrected chi connectivity index (χ3v) is 1.04. The average molecular weight is 145 g/mol. The second kappa shape index (κ2) is 6.55. The van der Waals surface area contributed by atoms with Crippen molar-refractivity contribution in [3.8, 4) is 0 Å². The van der Waals surface area contributed by atoms with Crippen molar-refractivity contribution in [2.24, 2.45) is 0 Å². The Morgan fingerprint density at radius 3 is 2.70 bits per heavy atom. The smallest absolute Gasteiger partial charge is 0.221 e. The molecule has 0 aromatic heterocycles. The Morgan fingerprint density at radius 1 is 1.50 bits per heavy atom. The van der Waals surface area contributed by atoms with E-state index in [1.165, 1.54) is 0 Å². The number of hydrogen-bond donors (Lipinski definition) is 1. The van der Waals surface area contributed by atoms with Crippen LogP contribution in [-0.2, 0) is 9.53 Å². The maximum absolute atomic E-state index is 10.6. The van der Waals surface area contributed by atoms with Crippen LogP contribution in [0.1, 0.15) is 26.7 Å². The second-order valence-corrected chi connectivity index (χ2v) is 2.01. The van der Waals surface area contributed by atoms with Crippen molar-refractivity contribution in [1.82, 2.24) is 5.32 Å². The number of ether oxygens (including phenoxy) is 1. The summed E-state index contributed by atoms with van der Waals surface area (Å²) in [6.07, 6.45) is 1.51. The Hall–Kier alpha value is -0.570. The summed E-state index contributed by atoms with van der Waals surface area (Å²) < 4.78 is 5.02. The lowest BCUT2D eigenvalue weighted by Gasteiger charge is -2.02. The molecule has 0 aliphatic carbocycles. The Balaban J connectivity index is 2.96. The van der Waals surface area contributed by atoms with Crippen LogP contribution in [-0.4, -0.2) is 19.2 Å². The van der Waals surface area contributed by atoms with Crippen molar-refractivity contribution in [2.45, 2.75) is 26.7 Å². The Morgan fingerprint density at radius 2 is 2.20 bits per heavy atom. The minimum absolute atomic E-state index is 0.0381. The van der Waals surface area contributed by atoms with E-state index in [2.05, 4.69) is 5.32 Å². The molecule has 0 heterocycles. The van der Waals surface area contributed by atoms with E-state index in [1.54, 1.807) is 0 Å². The summed E-state index contributed by atoms with van der Waals surface area (Å²) in [5.74, 6) is 0.0381. The highest BCUT2D eigenvalue weighted by Crippen LogP contribution is 1.78. The van der Waals surface area contributed by atoms with Crippen LogP contribution in [0.4, 0.5) is 0 Å². The largest absolute Gasteiger partial charge is 0.361 e. The van der Waals surface area contributed by atoms with Crippen LogP contribution >= 0.6 is 0 Å². The van der Waals surface area contributed by atoms with E-state index < -0.39 is 0 Å². The second-order valence-electron chi connectivity index (χ2n) is 2.01. The van der Waals surface area contributed by atoms with Crippen molar-refractivity contribution in [1.29, 1.82) is 0 Å². The monoisotopic (exact) mass is 145 g/mol. The molecule has 0 fully saturated rings. The first-order valence-electron chi connectivity index (χ1n) is 3.65. The van der Waals surface area contributed by atoms with Gasteiger partial charge in [-0.2, -0.15) is 0 Å². The zero-order valence-corrected chi connectivity index (χ0v) is 6.64. The van der Waals surface area contributed by atoms with Gasteiger partial charge in [0.15, 0.2) is 0 Å². The number of amides is 1. The van der Waals surface area contributed by atoms with Gasteiger partial charge in [-0.25, -0.2) is 0 Å². The molecule has 0 saturated carbocycles. The molecule has 0 radical (unpaired) electrons. The van der Waals surface area contributed by atoms with Gasteiger partial charge in [-0.1, -0.05) is 13.8 Å². The SMILES string of the molecule is CCCOCNC(=O)CC. The number of carbonyl (C=O) groups is 1. The van der Waals surface area contributed by atoms with Gasteiger partial charge in [0.2, 0.25) is 5.91 Å². The van der Waals surface area contributed by atoms with Gasteiger partial charge in [0.1, 0.15) is 6.73 Å². The fraction of sp³-hybridized carbons (Fsp3) is 0.857. The summed E-state index contributed by atoms with van der Waals surface area (Å²) in [7, 11) is 0. The molecule has 3 nitrogen and oxygen atoms in total. The highest BCUT2D eigenvalue weighted by molar-refractivity contribution is 5.75. The molecule has 0 aliphatic heterocycles. The molecule has 3 heteroatoms. The number of rotatable bonds is 5. The van der Waals surface area contributed by atoms with Crippen LogP contribution in [0.25, 0.3) is 0 Å². The predicted molar refractivity (Wildman–Crippen MR) is 39.5 cm³/mol. The lowest BCUT2D eigenvalue weighted by molar-refractivity contribution is -0.122. The zero-order valence-electron chi connectivity index (χ0n) is 6.64. The third kappa shape index (κ3) is 5.56. The molecule has 0 rings (SSSR count). The van der Waals surface area contributed by atoms with E-state index in [4.69, 9.17) is 4.74 Å². The lowest BCUT2D eigenvalue weighted by atomic mass is 10.5. The molecule has 0 aromatic rings. The molecular weight excluding hydrogens is 130 g/mol. The Kier molecular flexibility index (Phi) is 6.18. The summed E-state index contributed by atoms with van der Waals surface area (Å²) in [5.41, 5.74) is 0. The van der Waals surface area contributed by atoms with E-state index in [-0.39, 0.29) is 5.91 Å².